The van der Waals surface area contributed by atoms with Crippen molar-refractivity contribution in [1.82, 2.24) is 0 Å². The van der Waals surface area contributed by atoms with E-state index < -0.39 is 0 Å². The first-order valence-electron chi connectivity index (χ1n) is 5.69. The Hall–Kier alpha value is 0.330. The van der Waals surface area contributed by atoms with Crippen molar-refractivity contribution < 1.29 is 9.53 Å². The molecule has 0 rings (SSSR count). The molecular formula is C12H24O2S2. The summed E-state index contributed by atoms with van der Waals surface area (Å²) in [6.45, 7) is 10.6. The average molecular weight is 264 g/mol. The fraction of sp³-hybridized carbons (Fsp3) is 0.917. The van der Waals surface area contributed by atoms with E-state index in [1.165, 1.54) is 11.8 Å². The lowest BCUT2D eigenvalue weighted by molar-refractivity contribution is -0.109. The molecule has 0 radical (unpaired) electrons. The molecule has 0 bridgehead atoms. The Kier molecular flexibility index (Phi) is 7.06. The summed E-state index contributed by atoms with van der Waals surface area (Å²) in [6.07, 6.45) is 1.83. The van der Waals surface area contributed by atoms with Gasteiger partial charge in [0, 0.05) is 24.0 Å². The molecule has 4 heteroatoms. The molecule has 0 heterocycles. The van der Waals surface area contributed by atoms with Gasteiger partial charge in [-0.2, -0.15) is 12.6 Å². The maximum absolute atomic E-state index is 11.0. The van der Waals surface area contributed by atoms with Crippen molar-refractivity contribution in [2.75, 3.05) is 12.4 Å². The fourth-order valence-electron chi connectivity index (χ4n) is 1.24. The normalized spacial score (nSPS) is 15.9. The summed E-state index contributed by atoms with van der Waals surface area (Å²) in [5.74, 6) is 0.726. The van der Waals surface area contributed by atoms with Gasteiger partial charge in [-0.05, 0) is 19.8 Å². The quantitative estimate of drug-likeness (QED) is 0.712. The van der Waals surface area contributed by atoms with Gasteiger partial charge in [-0.3, -0.25) is 4.79 Å². The smallest absolute Gasteiger partial charge is 0.186 e. The Morgan fingerprint density at radius 2 is 1.94 bits per heavy atom. The zero-order chi connectivity index (χ0) is 12.8. The van der Waals surface area contributed by atoms with Gasteiger partial charge in [-0.15, -0.1) is 0 Å². The maximum atomic E-state index is 11.0. The predicted molar refractivity (Wildman–Crippen MR) is 75.5 cm³/mol. The second-order valence-corrected chi connectivity index (χ2v) is 7.11. The van der Waals surface area contributed by atoms with Crippen LogP contribution in [0, 0.1) is 0 Å². The minimum Gasteiger partial charge on any atom is -0.374 e. The minimum absolute atomic E-state index is 0.0446. The second-order valence-electron chi connectivity index (χ2n) is 4.91. The maximum Gasteiger partial charge on any atom is 0.186 e. The third kappa shape index (κ3) is 6.81. The van der Waals surface area contributed by atoms with E-state index in [1.807, 2.05) is 0 Å². The van der Waals surface area contributed by atoms with Crippen LogP contribution in [-0.4, -0.2) is 27.8 Å². The molecule has 0 saturated heterocycles. The van der Waals surface area contributed by atoms with Crippen molar-refractivity contribution in [1.29, 1.82) is 0 Å². The molecule has 0 saturated carbocycles. The van der Waals surface area contributed by atoms with Crippen molar-refractivity contribution in [3.05, 3.63) is 0 Å². The van der Waals surface area contributed by atoms with Gasteiger partial charge in [0.2, 0.25) is 0 Å². The van der Waals surface area contributed by atoms with Crippen LogP contribution >= 0.6 is 24.4 Å². The summed E-state index contributed by atoms with van der Waals surface area (Å²) in [4.78, 5) is 11.0. The number of carbonyl (C=O) groups is 1. The minimum atomic E-state index is -0.139. The predicted octanol–water partition coefficient (Wildman–Crippen LogP) is 3.55. The van der Waals surface area contributed by atoms with Gasteiger partial charge in [0.25, 0.3) is 0 Å². The largest absolute Gasteiger partial charge is 0.374 e. The Morgan fingerprint density at radius 1 is 1.38 bits per heavy atom. The van der Waals surface area contributed by atoms with Crippen LogP contribution in [0.25, 0.3) is 0 Å². The summed E-state index contributed by atoms with van der Waals surface area (Å²) in [7, 11) is 0. The van der Waals surface area contributed by atoms with Crippen LogP contribution < -0.4 is 0 Å². The van der Waals surface area contributed by atoms with Crippen molar-refractivity contribution in [3.63, 3.8) is 0 Å². The highest BCUT2D eigenvalue weighted by atomic mass is 32.2. The summed E-state index contributed by atoms with van der Waals surface area (Å²) in [5.41, 5.74) is -0.139. The molecular weight excluding hydrogens is 240 g/mol. The van der Waals surface area contributed by atoms with Crippen molar-refractivity contribution in [2.24, 2.45) is 0 Å². The zero-order valence-electron chi connectivity index (χ0n) is 11.0. The first-order valence-corrected chi connectivity index (χ1v) is 7.14. The lowest BCUT2D eigenvalue weighted by Gasteiger charge is -2.29. The van der Waals surface area contributed by atoms with Gasteiger partial charge in [-0.1, -0.05) is 32.5 Å². The van der Waals surface area contributed by atoms with E-state index in [0.717, 1.165) is 18.6 Å². The van der Waals surface area contributed by atoms with Gasteiger partial charge < -0.3 is 4.74 Å². The summed E-state index contributed by atoms with van der Waals surface area (Å²) < 4.78 is 5.80. The number of rotatable bonds is 7. The molecule has 0 spiro atoms. The van der Waals surface area contributed by atoms with Crippen molar-refractivity contribution >= 4 is 29.5 Å². The molecule has 0 amide bonds. The van der Waals surface area contributed by atoms with E-state index in [-0.39, 0.29) is 15.5 Å². The highest BCUT2D eigenvalue weighted by Gasteiger charge is 2.24. The first kappa shape index (κ1) is 16.3. The third-order valence-corrected chi connectivity index (χ3v) is 4.37. The summed E-state index contributed by atoms with van der Waals surface area (Å²) in [5, 5.41) is 0.164. The molecule has 2 nitrogen and oxygen atoms in total. The van der Waals surface area contributed by atoms with Crippen LogP contribution in [0.5, 0.6) is 0 Å². The number of ether oxygens (including phenoxy) is 1. The summed E-state index contributed by atoms with van der Waals surface area (Å²) in [6, 6.07) is 0. The van der Waals surface area contributed by atoms with Crippen molar-refractivity contribution in [2.45, 2.75) is 57.8 Å². The lowest BCUT2D eigenvalue weighted by atomic mass is 10.1. The number of hydrogen-bond acceptors (Lipinski definition) is 4. The van der Waals surface area contributed by atoms with Crippen LogP contribution in [0.1, 0.15) is 47.5 Å². The number of carbonyl (C=O) groups excluding carboxylic acids is 1. The Bertz CT molecular complexity index is 223. The Morgan fingerprint density at radius 3 is 2.31 bits per heavy atom. The van der Waals surface area contributed by atoms with Crippen LogP contribution in [0.2, 0.25) is 0 Å². The van der Waals surface area contributed by atoms with E-state index in [4.69, 9.17) is 4.74 Å². The molecule has 0 aliphatic carbocycles. The van der Waals surface area contributed by atoms with Gasteiger partial charge in [0.05, 0.1) is 5.60 Å². The summed E-state index contributed by atoms with van der Waals surface area (Å²) >= 11 is 5.68. The molecule has 1 atom stereocenters. The van der Waals surface area contributed by atoms with E-state index in [9.17, 15) is 4.79 Å². The van der Waals surface area contributed by atoms with Crippen molar-refractivity contribution in [3.8, 4) is 0 Å². The molecule has 0 aromatic heterocycles. The highest BCUT2D eigenvalue weighted by molar-refractivity contribution is 8.14. The molecule has 16 heavy (non-hydrogen) atoms. The van der Waals surface area contributed by atoms with Gasteiger partial charge in [0.1, 0.15) is 0 Å². The van der Waals surface area contributed by atoms with Crippen LogP contribution in [-0.2, 0) is 9.53 Å². The SMILES string of the molecule is CCC(C)(CS)OCCC(C)(C)SC(C)=O. The van der Waals surface area contributed by atoms with E-state index in [2.05, 4.69) is 40.3 Å². The number of hydrogen-bond donors (Lipinski definition) is 1. The molecule has 1 unspecified atom stereocenters. The van der Waals surface area contributed by atoms with Crippen LogP contribution in [0.15, 0.2) is 0 Å². The number of thioether (sulfide) groups is 1. The fourth-order valence-corrected chi connectivity index (χ4v) is 2.52. The van der Waals surface area contributed by atoms with E-state index in [1.54, 1.807) is 6.92 Å². The van der Waals surface area contributed by atoms with Crippen LogP contribution in [0.4, 0.5) is 0 Å². The first-order chi connectivity index (χ1) is 7.24. The molecule has 0 aromatic carbocycles. The standard InChI is InChI=1S/C12H24O2S2/c1-6-12(5,9-15)14-8-7-11(3,4)16-10(2)13/h15H,6-9H2,1-5H3. The molecule has 96 valence electrons. The van der Waals surface area contributed by atoms with Gasteiger partial charge >= 0.3 is 0 Å². The monoisotopic (exact) mass is 264 g/mol. The molecule has 0 aromatic rings. The average Bonchev–Trinajstić information content (AvgIpc) is 2.15. The Labute approximate surface area is 109 Å². The number of thiol groups is 1. The molecule has 0 N–H and O–H groups in total. The molecule has 0 aliphatic heterocycles. The second kappa shape index (κ2) is 6.92. The lowest BCUT2D eigenvalue weighted by Crippen LogP contribution is -2.32. The molecule has 0 aliphatic rings. The topological polar surface area (TPSA) is 26.3 Å². The third-order valence-electron chi connectivity index (χ3n) is 2.66. The van der Waals surface area contributed by atoms with E-state index >= 15 is 0 Å². The van der Waals surface area contributed by atoms with Gasteiger partial charge in [0.15, 0.2) is 5.12 Å². The zero-order valence-corrected chi connectivity index (χ0v) is 12.7. The van der Waals surface area contributed by atoms with Crippen LogP contribution in [0.3, 0.4) is 0 Å². The van der Waals surface area contributed by atoms with Gasteiger partial charge in [-0.25, -0.2) is 0 Å². The van der Waals surface area contributed by atoms with E-state index in [0.29, 0.717) is 6.61 Å². The Balaban J connectivity index is 4.01. The highest BCUT2D eigenvalue weighted by Crippen LogP contribution is 2.29. The molecule has 0 fully saturated rings.